The van der Waals surface area contributed by atoms with Gasteiger partial charge in [0.25, 0.3) is 0 Å². The second-order valence-electron chi connectivity index (χ2n) is 5.20. The van der Waals surface area contributed by atoms with Gasteiger partial charge in [-0.1, -0.05) is 44.5 Å². The Labute approximate surface area is 111 Å². The number of rotatable bonds is 6. The van der Waals surface area contributed by atoms with Gasteiger partial charge in [-0.15, -0.1) is 0 Å². The number of nitrogens with one attached hydrogen (secondary N) is 1. The summed E-state index contributed by atoms with van der Waals surface area (Å²) in [6.07, 6.45) is 3.77. The lowest BCUT2D eigenvalue weighted by Crippen LogP contribution is -2.39. The topological polar surface area (TPSA) is 15.3 Å². The maximum Gasteiger partial charge on any atom is 0.0452 e. The molecule has 0 fully saturated rings. The Morgan fingerprint density at radius 3 is 2.89 bits per heavy atom. The van der Waals surface area contributed by atoms with Crippen LogP contribution in [-0.2, 0) is 6.42 Å². The SMILES string of the molecule is CCCCN(CC)CC1NCCc2ccccc21. The molecule has 2 nitrogen and oxygen atoms in total. The molecule has 1 aliphatic heterocycles. The summed E-state index contributed by atoms with van der Waals surface area (Å²) >= 11 is 0. The lowest BCUT2D eigenvalue weighted by atomic mass is 9.94. The summed E-state index contributed by atoms with van der Waals surface area (Å²) in [6.45, 7) is 9.18. The molecule has 0 bridgehead atoms. The van der Waals surface area contributed by atoms with Gasteiger partial charge < -0.3 is 10.2 Å². The molecular formula is C16H26N2. The predicted octanol–water partition coefficient (Wildman–Crippen LogP) is 3.00. The zero-order valence-electron chi connectivity index (χ0n) is 11.8. The van der Waals surface area contributed by atoms with Gasteiger partial charge in [0.2, 0.25) is 0 Å². The van der Waals surface area contributed by atoms with Gasteiger partial charge in [-0.2, -0.15) is 0 Å². The molecule has 100 valence electrons. The lowest BCUT2D eigenvalue weighted by molar-refractivity contribution is 0.246. The fourth-order valence-corrected chi connectivity index (χ4v) is 2.77. The molecule has 0 saturated heterocycles. The minimum Gasteiger partial charge on any atom is -0.309 e. The van der Waals surface area contributed by atoms with Crippen molar-refractivity contribution >= 4 is 0 Å². The van der Waals surface area contributed by atoms with Crippen molar-refractivity contribution in [3.63, 3.8) is 0 Å². The smallest absolute Gasteiger partial charge is 0.0452 e. The predicted molar refractivity (Wildman–Crippen MR) is 77.9 cm³/mol. The first-order valence-corrected chi connectivity index (χ1v) is 7.38. The van der Waals surface area contributed by atoms with Crippen molar-refractivity contribution in [1.82, 2.24) is 10.2 Å². The molecule has 2 rings (SSSR count). The van der Waals surface area contributed by atoms with Crippen LogP contribution >= 0.6 is 0 Å². The molecular weight excluding hydrogens is 220 g/mol. The number of unbranched alkanes of at least 4 members (excludes halogenated alkanes) is 1. The van der Waals surface area contributed by atoms with Gasteiger partial charge in [-0.05, 0) is 43.6 Å². The third-order valence-electron chi connectivity index (χ3n) is 3.93. The summed E-state index contributed by atoms with van der Waals surface area (Å²) in [5.41, 5.74) is 3.05. The minimum atomic E-state index is 0.520. The van der Waals surface area contributed by atoms with Crippen LogP contribution in [0.3, 0.4) is 0 Å². The third kappa shape index (κ3) is 3.33. The molecule has 1 aromatic rings. The summed E-state index contributed by atoms with van der Waals surface area (Å²) < 4.78 is 0. The molecule has 0 amide bonds. The first-order chi connectivity index (χ1) is 8.85. The standard InChI is InChI=1S/C16H26N2/c1-3-5-12-18(4-2)13-16-15-9-7-6-8-14(15)10-11-17-16/h6-9,16-17H,3-5,10-13H2,1-2H3. The molecule has 1 unspecified atom stereocenters. The van der Waals surface area contributed by atoms with Crippen LogP contribution in [0.25, 0.3) is 0 Å². The van der Waals surface area contributed by atoms with Crippen LogP contribution < -0.4 is 5.32 Å². The number of nitrogens with zero attached hydrogens (tertiary/aromatic N) is 1. The zero-order chi connectivity index (χ0) is 12.8. The molecule has 18 heavy (non-hydrogen) atoms. The first-order valence-electron chi connectivity index (χ1n) is 7.38. The van der Waals surface area contributed by atoms with Crippen molar-refractivity contribution in [3.05, 3.63) is 35.4 Å². The molecule has 1 N–H and O–H groups in total. The minimum absolute atomic E-state index is 0.520. The molecule has 0 aliphatic carbocycles. The number of likely N-dealkylation sites (N-methyl/N-ethyl adjacent to an activating group) is 1. The van der Waals surface area contributed by atoms with Crippen molar-refractivity contribution in [3.8, 4) is 0 Å². The zero-order valence-corrected chi connectivity index (χ0v) is 11.8. The highest BCUT2D eigenvalue weighted by atomic mass is 15.1. The maximum absolute atomic E-state index is 3.67. The number of fused-ring (bicyclic) bond motifs is 1. The summed E-state index contributed by atoms with van der Waals surface area (Å²) in [5, 5.41) is 3.67. The van der Waals surface area contributed by atoms with Crippen LogP contribution in [0, 0.1) is 0 Å². The second-order valence-corrected chi connectivity index (χ2v) is 5.20. The highest BCUT2D eigenvalue weighted by molar-refractivity contribution is 5.32. The average Bonchev–Trinajstić information content (AvgIpc) is 2.43. The molecule has 0 spiro atoms. The van der Waals surface area contributed by atoms with Crippen LogP contribution in [0.15, 0.2) is 24.3 Å². The molecule has 1 heterocycles. The van der Waals surface area contributed by atoms with Crippen molar-refractivity contribution in [1.29, 1.82) is 0 Å². The average molecular weight is 246 g/mol. The fourth-order valence-electron chi connectivity index (χ4n) is 2.77. The van der Waals surface area contributed by atoms with Gasteiger partial charge in [0.15, 0.2) is 0 Å². The molecule has 0 aromatic heterocycles. The van der Waals surface area contributed by atoms with Gasteiger partial charge in [-0.25, -0.2) is 0 Å². The van der Waals surface area contributed by atoms with E-state index >= 15 is 0 Å². The van der Waals surface area contributed by atoms with Crippen molar-refractivity contribution in [2.24, 2.45) is 0 Å². The van der Waals surface area contributed by atoms with E-state index in [1.165, 1.54) is 36.9 Å². The molecule has 1 aromatic carbocycles. The molecule has 1 atom stereocenters. The number of hydrogen-bond acceptors (Lipinski definition) is 2. The Morgan fingerprint density at radius 1 is 1.28 bits per heavy atom. The van der Waals surface area contributed by atoms with E-state index in [4.69, 9.17) is 0 Å². The summed E-state index contributed by atoms with van der Waals surface area (Å²) in [7, 11) is 0. The van der Waals surface area contributed by atoms with Gasteiger partial charge in [0.1, 0.15) is 0 Å². The van der Waals surface area contributed by atoms with Gasteiger partial charge in [-0.3, -0.25) is 0 Å². The van der Waals surface area contributed by atoms with Crippen molar-refractivity contribution in [2.45, 2.75) is 39.2 Å². The summed E-state index contributed by atoms with van der Waals surface area (Å²) in [5.74, 6) is 0. The van der Waals surface area contributed by atoms with Crippen LogP contribution in [-0.4, -0.2) is 31.1 Å². The van der Waals surface area contributed by atoms with Crippen LogP contribution in [0.1, 0.15) is 43.9 Å². The highest BCUT2D eigenvalue weighted by Crippen LogP contribution is 2.23. The summed E-state index contributed by atoms with van der Waals surface area (Å²) in [6, 6.07) is 9.43. The van der Waals surface area contributed by atoms with Crippen LogP contribution in [0.2, 0.25) is 0 Å². The highest BCUT2D eigenvalue weighted by Gasteiger charge is 2.20. The number of benzene rings is 1. The number of hydrogen-bond donors (Lipinski definition) is 1. The van der Waals surface area contributed by atoms with E-state index < -0.39 is 0 Å². The Bertz CT molecular complexity index is 362. The Morgan fingerprint density at radius 2 is 2.11 bits per heavy atom. The van der Waals surface area contributed by atoms with Gasteiger partial charge >= 0.3 is 0 Å². The first kappa shape index (κ1) is 13.6. The van der Waals surface area contributed by atoms with E-state index in [9.17, 15) is 0 Å². The third-order valence-corrected chi connectivity index (χ3v) is 3.93. The van der Waals surface area contributed by atoms with E-state index in [2.05, 4.69) is 48.3 Å². The fraction of sp³-hybridized carbons (Fsp3) is 0.625. The Hall–Kier alpha value is -0.860. The molecule has 0 radical (unpaired) electrons. The maximum atomic E-state index is 3.67. The van der Waals surface area contributed by atoms with Gasteiger partial charge in [0.05, 0.1) is 0 Å². The van der Waals surface area contributed by atoms with Crippen molar-refractivity contribution < 1.29 is 0 Å². The van der Waals surface area contributed by atoms with E-state index in [0.29, 0.717) is 6.04 Å². The van der Waals surface area contributed by atoms with E-state index in [1.807, 2.05) is 0 Å². The van der Waals surface area contributed by atoms with E-state index in [1.54, 1.807) is 0 Å². The van der Waals surface area contributed by atoms with Crippen LogP contribution in [0.4, 0.5) is 0 Å². The quantitative estimate of drug-likeness (QED) is 0.830. The molecule has 0 saturated carbocycles. The van der Waals surface area contributed by atoms with Crippen LogP contribution in [0.5, 0.6) is 0 Å². The summed E-state index contributed by atoms with van der Waals surface area (Å²) in [4.78, 5) is 2.57. The second kappa shape index (κ2) is 6.91. The lowest BCUT2D eigenvalue weighted by Gasteiger charge is -2.31. The Kier molecular flexibility index (Phi) is 5.21. The van der Waals surface area contributed by atoms with Gasteiger partial charge in [0, 0.05) is 12.6 Å². The van der Waals surface area contributed by atoms with E-state index in [0.717, 1.165) is 19.6 Å². The largest absolute Gasteiger partial charge is 0.309 e. The Balaban J connectivity index is 2.01. The molecule has 1 aliphatic rings. The monoisotopic (exact) mass is 246 g/mol. The van der Waals surface area contributed by atoms with Crippen molar-refractivity contribution in [2.75, 3.05) is 26.2 Å². The van der Waals surface area contributed by atoms with E-state index in [-0.39, 0.29) is 0 Å². The normalized spacial score (nSPS) is 18.9. The molecule has 2 heteroatoms.